The van der Waals surface area contributed by atoms with Crippen molar-refractivity contribution in [2.24, 2.45) is 0 Å². The summed E-state index contributed by atoms with van der Waals surface area (Å²) in [6.45, 7) is 2.00. The molecule has 1 unspecified atom stereocenters. The highest BCUT2D eigenvalue weighted by Crippen LogP contribution is 2.21. The van der Waals surface area contributed by atoms with Crippen molar-refractivity contribution in [3.05, 3.63) is 28.8 Å². The monoisotopic (exact) mass is 250 g/mol. The molecule has 3 N–H and O–H groups in total. The van der Waals surface area contributed by atoms with Crippen LogP contribution in [-0.4, -0.2) is 11.9 Å². The number of nitrogens with two attached hydrogens (primary N) is 1. The average molecular weight is 251 g/mol. The minimum atomic E-state index is -0.329. The van der Waals surface area contributed by atoms with Crippen LogP contribution in [0.1, 0.15) is 30.1 Å². The number of hydrogen-bond donors (Lipinski definition) is 2. The number of rotatable bonds is 4. The third kappa shape index (κ3) is 3.40. The fourth-order valence-corrected chi connectivity index (χ4v) is 1.76. The fraction of sp³-hybridized carbons (Fsp3) is 0.308. The molecule has 0 saturated heterocycles. The summed E-state index contributed by atoms with van der Waals surface area (Å²) in [7, 11) is 0. The van der Waals surface area contributed by atoms with Crippen molar-refractivity contribution in [1.82, 2.24) is 5.32 Å². The van der Waals surface area contributed by atoms with Crippen LogP contribution in [0.5, 0.6) is 0 Å². The van der Waals surface area contributed by atoms with E-state index in [-0.39, 0.29) is 17.5 Å². The predicted molar refractivity (Wildman–Crippen MR) is 70.9 cm³/mol. The van der Waals surface area contributed by atoms with Crippen molar-refractivity contribution in [1.29, 1.82) is 0 Å². The zero-order valence-electron chi connectivity index (χ0n) is 9.66. The maximum atomic E-state index is 12.0. The molecule has 17 heavy (non-hydrogen) atoms. The second-order valence-corrected chi connectivity index (χ2v) is 4.09. The SMILES string of the molecule is C#CC(CCC)NC(=O)c1c(N)cccc1Cl. The summed E-state index contributed by atoms with van der Waals surface area (Å²) in [5.74, 6) is 2.20. The highest BCUT2D eigenvalue weighted by atomic mass is 35.5. The van der Waals surface area contributed by atoms with Gasteiger partial charge in [-0.2, -0.15) is 0 Å². The van der Waals surface area contributed by atoms with Crippen molar-refractivity contribution >= 4 is 23.2 Å². The van der Waals surface area contributed by atoms with Gasteiger partial charge in [0, 0.05) is 5.69 Å². The molecule has 1 rings (SSSR count). The van der Waals surface area contributed by atoms with Crippen molar-refractivity contribution < 1.29 is 4.79 Å². The molecule has 0 aromatic heterocycles. The van der Waals surface area contributed by atoms with E-state index < -0.39 is 0 Å². The molecule has 90 valence electrons. The number of hydrogen-bond acceptors (Lipinski definition) is 2. The largest absolute Gasteiger partial charge is 0.398 e. The van der Waals surface area contributed by atoms with Gasteiger partial charge in [0.05, 0.1) is 16.6 Å². The zero-order valence-corrected chi connectivity index (χ0v) is 10.4. The number of anilines is 1. The first-order valence-corrected chi connectivity index (χ1v) is 5.79. The standard InChI is InChI=1S/C13H15ClN2O/c1-3-6-9(4-2)16-13(17)12-10(14)7-5-8-11(12)15/h2,5,7-9H,3,6,15H2,1H3,(H,16,17). The lowest BCUT2D eigenvalue weighted by Gasteiger charge is -2.13. The van der Waals surface area contributed by atoms with Gasteiger partial charge in [0.25, 0.3) is 5.91 Å². The van der Waals surface area contributed by atoms with Crippen molar-refractivity contribution in [3.8, 4) is 12.3 Å². The van der Waals surface area contributed by atoms with Crippen LogP contribution in [0.3, 0.4) is 0 Å². The molecule has 1 amide bonds. The van der Waals surface area contributed by atoms with E-state index in [9.17, 15) is 4.79 Å². The summed E-state index contributed by atoms with van der Waals surface area (Å²) in [5, 5.41) is 3.05. The minimum Gasteiger partial charge on any atom is -0.398 e. The molecule has 1 atom stereocenters. The number of benzene rings is 1. The Bertz CT molecular complexity index is 431. The van der Waals surface area contributed by atoms with E-state index in [4.69, 9.17) is 23.8 Å². The summed E-state index contributed by atoms with van der Waals surface area (Å²) < 4.78 is 0. The van der Waals surface area contributed by atoms with Crippen molar-refractivity contribution in [3.63, 3.8) is 0 Å². The molecule has 4 heteroatoms. The Morgan fingerprint density at radius 2 is 2.35 bits per heavy atom. The van der Waals surface area contributed by atoms with E-state index in [1.165, 1.54) is 0 Å². The summed E-state index contributed by atoms with van der Waals surface area (Å²) in [6, 6.07) is 4.66. The molecule has 1 aromatic rings. The lowest BCUT2D eigenvalue weighted by Crippen LogP contribution is -2.34. The van der Waals surface area contributed by atoms with Gasteiger partial charge in [-0.05, 0) is 18.6 Å². The first kappa shape index (κ1) is 13.4. The molecule has 0 radical (unpaired) electrons. The normalized spacial score (nSPS) is 11.6. The number of nitrogen functional groups attached to an aromatic ring is 1. The molecule has 0 aliphatic carbocycles. The van der Waals surface area contributed by atoms with Crippen molar-refractivity contribution in [2.75, 3.05) is 5.73 Å². The van der Waals surface area contributed by atoms with E-state index in [2.05, 4.69) is 11.2 Å². The van der Waals surface area contributed by atoms with Crippen LogP contribution >= 0.6 is 11.6 Å². The van der Waals surface area contributed by atoms with Gasteiger partial charge < -0.3 is 11.1 Å². The molecular weight excluding hydrogens is 236 g/mol. The van der Waals surface area contributed by atoms with Crippen LogP contribution in [0, 0.1) is 12.3 Å². The Balaban J connectivity index is 2.87. The number of amides is 1. The first-order chi connectivity index (χ1) is 8.10. The van der Waals surface area contributed by atoms with Gasteiger partial charge in [-0.1, -0.05) is 36.9 Å². The first-order valence-electron chi connectivity index (χ1n) is 5.41. The Morgan fingerprint density at radius 1 is 1.65 bits per heavy atom. The quantitative estimate of drug-likeness (QED) is 0.637. The number of halogens is 1. The molecule has 0 aliphatic rings. The molecule has 0 fully saturated rings. The van der Waals surface area contributed by atoms with Crippen LogP contribution in [-0.2, 0) is 0 Å². The molecule has 0 bridgehead atoms. The third-order valence-electron chi connectivity index (χ3n) is 2.36. The summed E-state index contributed by atoms with van der Waals surface area (Å²) in [4.78, 5) is 12.0. The smallest absolute Gasteiger partial charge is 0.255 e. The van der Waals surface area contributed by atoms with E-state index in [0.717, 1.165) is 12.8 Å². The Hall–Kier alpha value is -1.66. The lowest BCUT2D eigenvalue weighted by molar-refractivity contribution is 0.0945. The third-order valence-corrected chi connectivity index (χ3v) is 2.67. The van der Waals surface area contributed by atoms with Crippen LogP contribution in [0.2, 0.25) is 5.02 Å². The summed E-state index contributed by atoms with van der Waals surface area (Å²) >= 11 is 5.94. The minimum absolute atomic E-state index is 0.283. The molecule has 0 saturated carbocycles. The van der Waals surface area contributed by atoms with Crippen LogP contribution < -0.4 is 11.1 Å². The van der Waals surface area contributed by atoms with Gasteiger partial charge in [0.15, 0.2) is 0 Å². The second-order valence-electron chi connectivity index (χ2n) is 3.69. The summed E-state index contributed by atoms with van der Waals surface area (Å²) in [5.41, 5.74) is 6.35. The van der Waals surface area contributed by atoms with E-state index >= 15 is 0 Å². The van der Waals surface area contributed by atoms with Crippen LogP contribution in [0.15, 0.2) is 18.2 Å². The van der Waals surface area contributed by atoms with Gasteiger partial charge in [-0.25, -0.2) is 0 Å². The number of nitrogens with one attached hydrogen (secondary N) is 1. The summed E-state index contributed by atoms with van der Waals surface area (Å²) in [6.07, 6.45) is 6.96. The van der Waals surface area contributed by atoms with Gasteiger partial charge in [-0.3, -0.25) is 4.79 Å². The van der Waals surface area contributed by atoms with Crippen LogP contribution in [0.25, 0.3) is 0 Å². The van der Waals surface area contributed by atoms with Gasteiger partial charge in [0.1, 0.15) is 0 Å². The maximum Gasteiger partial charge on any atom is 0.255 e. The molecule has 1 aromatic carbocycles. The Kier molecular flexibility index (Phi) is 4.86. The molecule has 0 heterocycles. The fourth-order valence-electron chi connectivity index (χ4n) is 1.50. The molecule has 3 nitrogen and oxygen atoms in total. The van der Waals surface area contributed by atoms with Gasteiger partial charge in [0.2, 0.25) is 0 Å². The highest BCUT2D eigenvalue weighted by Gasteiger charge is 2.16. The van der Waals surface area contributed by atoms with E-state index in [1.807, 2.05) is 6.92 Å². The predicted octanol–water partition coefficient (Wildman–Crippen LogP) is 2.45. The number of carbonyl (C=O) groups excluding carboxylic acids is 1. The molecular formula is C13H15ClN2O. The average Bonchev–Trinajstić information content (AvgIpc) is 2.28. The van der Waals surface area contributed by atoms with E-state index in [1.54, 1.807) is 18.2 Å². The van der Waals surface area contributed by atoms with Crippen molar-refractivity contribution in [2.45, 2.75) is 25.8 Å². The number of carbonyl (C=O) groups is 1. The molecule has 0 spiro atoms. The topological polar surface area (TPSA) is 55.1 Å². The Morgan fingerprint density at radius 3 is 2.88 bits per heavy atom. The van der Waals surface area contributed by atoms with Gasteiger partial charge >= 0.3 is 0 Å². The lowest BCUT2D eigenvalue weighted by atomic mass is 10.1. The zero-order chi connectivity index (χ0) is 12.8. The Labute approximate surface area is 106 Å². The number of terminal acetylenes is 1. The van der Waals surface area contributed by atoms with E-state index in [0.29, 0.717) is 10.7 Å². The molecule has 0 aliphatic heterocycles. The second kappa shape index (κ2) is 6.17. The van der Waals surface area contributed by atoms with Crippen LogP contribution in [0.4, 0.5) is 5.69 Å². The maximum absolute atomic E-state index is 12.0. The van der Waals surface area contributed by atoms with Gasteiger partial charge in [-0.15, -0.1) is 6.42 Å². The highest BCUT2D eigenvalue weighted by molar-refractivity contribution is 6.34.